The van der Waals surface area contributed by atoms with Gasteiger partial charge in [-0.3, -0.25) is 4.90 Å². The predicted molar refractivity (Wildman–Crippen MR) is 181 cm³/mol. The van der Waals surface area contributed by atoms with Crippen molar-refractivity contribution in [2.45, 2.75) is 26.2 Å². The van der Waals surface area contributed by atoms with Crippen molar-refractivity contribution in [3.63, 3.8) is 0 Å². The number of para-hydroxylation sites is 1. The summed E-state index contributed by atoms with van der Waals surface area (Å²) >= 11 is 1.61. The Morgan fingerprint density at radius 2 is 1.51 bits per heavy atom. The molecule has 210 valence electrons. The summed E-state index contributed by atoms with van der Waals surface area (Å²) in [5, 5.41) is 14.0. The first kappa shape index (κ1) is 26.9. The zero-order valence-electron chi connectivity index (χ0n) is 24.3. The highest BCUT2D eigenvalue weighted by Gasteiger charge is 2.20. The van der Waals surface area contributed by atoms with Gasteiger partial charge in [0.15, 0.2) is 0 Å². The molecule has 2 aromatic heterocycles. The van der Waals surface area contributed by atoms with E-state index in [1.54, 1.807) is 17.4 Å². The molecule has 0 fully saturated rings. The molecule has 0 aliphatic heterocycles. The highest BCUT2D eigenvalue weighted by Crippen LogP contribution is 2.42. The van der Waals surface area contributed by atoms with Crippen LogP contribution in [-0.2, 0) is 5.41 Å². The van der Waals surface area contributed by atoms with Crippen LogP contribution in [-0.4, -0.2) is 15.1 Å². The van der Waals surface area contributed by atoms with E-state index >= 15 is 0 Å². The number of nitrogens with zero attached hydrogens (tertiary/aromatic N) is 3. The van der Waals surface area contributed by atoms with Gasteiger partial charge >= 0.3 is 0 Å². The third-order valence-corrected chi connectivity index (χ3v) is 8.87. The first-order chi connectivity index (χ1) is 20.9. The molecule has 4 nitrogen and oxygen atoms in total. The smallest absolute Gasteiger partial charge is 0.137 e. The van der Waals surface area contributed by atoms with Crippen molar-refractivity contribution in [1.82, 2.24) is 9.97 Å². The lowest BCUT2D eigenvalue weighted by Crippen LogP contribution is -2.11. The Kier molecular flexibility index (Phi) is 6.68. The number of aromatic hydroxyl groups is 1. The van der Waals surface area contributed by atoms with Crippen LogP contribution in [0.4, 0.5) is 17.2 Å². The normalized spacial score (nSPS) is 11.7. The highest BCUT2D eigenvalue weighted by molar-refractivity contribution is 7.21. The second-order valence-electron chi connectivity index (χ2n) is 11.7. The molecule has 0 amide bonds. The van der Waals surface area contributed by atoms with Crippen molar-refractivity contribution < 1.29 is 5.11 Å². The van der Waals surface area contributed by atoms with Crippen LogP contribution < -0.4 is 4.90 Å². The molecule has 0 unspecified atom stereocenters. The quantitative estimate of drug-likeness (QED) is 0.221. The van der Waals surface area contributed by atoms with Crippen LogP contribution in [0.25, 0.3) is 42.7 Å². The third kappa shape index (κ3) is 5.02. The second-order valence-corrected chi connectivity index (χ2v) is 12.8. The van der Waals surface area contributed by atoms with Crippen molar-refractivity contribution >= 4 is 49.5 Å². The minimum Gasteiger partial charge on any atom is -0.507 e. The number of fused-ring (bicyclic) bond motifs is 2. The Morgan fingerprint density at radius 1 is 0.721 bits per heavy atom. The van der Waals surface area contributed by atoms with Gasteiger partial charge in [-0.1, -0.05) is 93.6 Å². The number of hydrogen-bond donors (Lipinski definition) is 1. The summed E-state index contributed by atoms with van der Waals surface area (Å²) < 4.78 is 1.08. The lowest BCUT2D eigenvalue weighted by atomic mass is 9.86. The maximum absolute atomic E-state index is 10.8. The predicted octanol–water partition coefficient (Wildman–Crippen LogP) is 10.7. The molecule has 0 saturated heterocycles. The van der Waals surface area contributed by atoms with Crippen molar-refractivity contribution in [3.05, 3.63) is 133 Å². The molecule has 5 heteroatoms. The van der Waals surface area contributed by atoms with Crippen LogP contribution in [0.15, 0.2) is 128 Å². The molecule has 7 aromatic rings. The molecule has 0 saturated carbocycles. The van der Waals surface area contributed by atoms with Crippen LogP contribution >= 0.6 is 11.3 Å². The summed E-state index contributed by atoms with van der Waals surface area (Å²) in [5.74, 6) is 1.09. The van der Waals surface area contributed by atoms with Gasteiger partial charge in [-0.25, -0.2) is 9.97 Å². The van der Waals surface area contributed by atoms with E-state index in [0.717, 1.165) is 60.1 Å². The SMILES string of the molecule is CC(C)(C)c1ccc(O)c(-c2nc3c(-c4cccc(N(c5ccccn5)c5cccc6ccccc56)c4)cccc3s2)c1. The summed E-state index contributed by atoms with van der Waals surface area (Å²) in [4.78, 5) is 12.1. The van der Waals surface area contributed by atoms with E-state index in [1.807, 2.05) is 30.5 Å². The fraction of sp³-hybridized carbons (Fsp3) is 0.105. The lowest BCUT2D eigenvalue weighted by molar-refractivity contribution is 0.476. The maximum Gasteiger partial charge on any atom is 0.137 e. The molecule has 0 radical (unpaired) electrons. The van der Waals surface area contributed by atoms with E-state index in [0.29, 0.717) is 0 Å². The maximum atomic E-state index is 10.8. The van der Waals surface area contributed by atoms with Crippen LogP contribution in [0.1, 0.15) is 26.3 Å². The van der Waals surface area contributed by atoms with Crippen molar-refractivity contribution in [3.8, 4) is 27.4 Å². The fourth-order valence-electron chi connectivity index (χ4n) is 5.57. The Balaban J connectivity index is 1.37. The Labute approximate surface area is 255 Å². The summed E-state index contributed by atoms with van der Waals surface area (Å²) in [5.41, 5.74) is 7.01. The summed E-state index contributed by atoms with van der Waals surface area (Å²) in [6.45, 7) is 6.54. The van der Waals surface area contributed by atoms with E-state index in [-0.39, 0.29) is 11.2 Å². The molecule has 0 bridgehead atoms. The van der Waals surface area contributed by atoms with Crippen LogP contribution in [0, 0.1) is 0 Å². The van der Waals surface area contributed by atoms with Crippen LogP contribution in [0.3, 0.4) is 0 Å². The largest absolute Gasteiger partial charge is 0.507 e. The molecule has 7 rings (SSSR count). The highest BCUT2D eigenvalue weighted by atomic mass is 32.1. The Morgan fingerprint density at radius 3 is 2.35 bits per heavy atom. The first-order valence-electron chi connectivity index (χ1n) is 14.4. The molecule has 0 aliphatic rings. The molecule has 0 atom stereocenters. The topological polar surface area (TPSA) is 49.3 Å². The van der Waals surface area contributed by atoms with Crippen molar-refractivity contribution in [2.75, 3.05) is 4.90 Å². The molecular weight excluding hydrogens is 547 g/mol. The Bertz CT molecular complexity index is 2090. The van der Waals surface area contributed by atoms with Gasteiger partial charge in [0.1, 0.15) is 16.6 Å². The number of pyridine rings is 1. The van der Waals surface area contributed by atoms with Gasteiger partial charge in [-0.2, -0.15) is 0 Å². The number of phenolic OH excluding ortho intramolecular Hbond substituents is 1. The summed E-state index contributed by atoms with van der Waals surface area (Å²) in [7, 11) is 0. The number of rotatable bonds is 5. The number of aromatic nitrogens is 2. The molecule has 0 spiro atoms. The molecule has 43 heavy (non-hydrogen) atoms. The number of thiazole rings is 1. The van der Waals surface area contributed by atoms with Crippen molar-refractivity contribution in [1.29, 1.82) is 0 Å². The second kappa shape index (κ2) is 10.7. The van der Waals surface area contributed by atoms with Crippen molar-refractivity contribution in [2.24, 2.45) is 0 Å². The standard InChI is InChI=1S/C38H31N3OS/c1-38(2,3)27-20-21-33(42)31(24-27)37-40-36-30(16-10-18-34(36)43-37)26-13-8-14-28(23-26)41(35-19-6-7-22-39-35)32-17-9-12-25-11-4-5-15-29(25)32/h4-24,42H,1-3H3. The van der Waals surface area contributed by atoms with Gasteiger partial charge in [-0.15, -0.1) is 11.3 Å². The molecule has 5 aromatic carbocycles. The van der Waals surface area contributed by atoms with Crippen LogP contribution in [0.2, 0.25) is 0 Å². The Hall–Kier alpha value is -5.00. The van der Waals surface area contributed by atoms with Gasteiger partial charge in [0.2, 0.25) is 0 Å². The third-order valence-electron chi connectivity index (χ3n) is 7.81. The average Bonchev–Trinajstić information content (AvgIpc) is 3.46. The van der Waals surface area contributed by atoms with Gasteiger partial charge < -0.3 is 5.11 Å². The van der Waals surface area contributed by atoms with E-state index in [2.05, 4.69) is 117 Å². The average molecular weight is 578 g/mol. The molecule has 2 heterocycles. The lowest BCUT2D eigenvalue weighted by Gasteiger charge is -2.26. The van der Waals surface area contributed by atoms with Gasteiger partial charge in [0.05, 0.1) is 21.5 Å². The first-order valence-corrected chi connectivity index (χ1v) is 15.2. The molecule has 1 N–H and O–H groups in total. The zero-order valence-corrected chi connectivity index (χ0v) is 25.1. The minimum absolute atomic E-state index is 0.0334. The number of anilines is 3. The van der Waals surface area contributed by atoms with E-state index in [4.69, 9.17) is 9.97 Å². The van der Waals surface area contributed by atoms with Gasteiger partial charge in [0.25, 0.3) is 0 Å². The number of phenols is 1. The van der Waals surface area contributed by atoms with E-state index in [1.165, 1.54) is 5.39 Å². The van der Waals surface area contributed by atoms with E-state index in [9.17, 15) is 5.11 Å². The monoisotopic (exact) mass is 577 g/mol. The van der Waals surface area contributed by atoms with E-state index < -0.39 is 0 Å². The number of hydrogen-bond acceptors (Lipinski definition) is 5. The number of benzene rings is 5. The van der Waals surface area contributed by atoms with Gasteiger partial charge in [-0.05, 0) is 70.5 Å². The molecule has 0 aliphatic carbocycles. The van der Waals surface area contributed by atoms with Gasteiger partial charge in [0, 0.05) is 22.8 Å². The summed E-state index contributed by atoms with van der Waals surface area (Å²) in [6.07, 6.45) is 1.83. The van der Waals surface area contributed by atoms with Crippen LogP contribution in [0.5, 0.6) is 5.75 Å². The minimum atomic E-state index is -0.0334. The zero-order chi connectivity index (χ0) is 29.6. The fourth-order valence-corrected chi connectivity index (χ4v) is 6.58. The molecular formula is C38H31N3OS. The summed E-state index contributed by atoms with van der Waals surface area (Å²) in [6, 6.07) is 41.6.